The molecule has 0 bridgehead atoms. The molecule has 2 N–H and O–H groups in total. The van der Waals surface area contributed by atoms with Gasteiger partial charge < -0.3 is 20.1 Å². The highest BCUT2D eigenvalue weighted by Gasteiger charge is 2.08. The standard InChI is InChI=1S/C18H17FN4O2/c1-24-12-7-8-16(25-2)15(9-12)23-18-10-17(20-11-21-18)22-14-6-4-3-5-13(14)19/h3-11H,1-2H3,(H2,20,21,22,23). The number of anilines is 4. The van der Waals surface area contributed by atoms with Crippen molar-refractivity contribution in [1.29, 1.82) is 0 Å². The Kier molecular flexibility index (Phi) is 4.94. The fourth-order valence-electron chi connectivity index (χ4n) is 2.24. The van der Waals surface area contributed by atoms with E-state index in [4.69, 9.17) is 9.47 Å². The van der Waals surface area contributed by atoms with Crippen LogP contribution < -0.4 is 20.1 Å². The van der Waals surface area contributed by atoms with Crippen LogP contribution in [0.2, 0.25) is 0 Å². The molecule has 0 aliphatic rings. The Hall–Kier alpha value is -3.35. The van der Waals surface area contributed by atoms with E-state index in [-0.39, 0.29) is 5.82 Å². The van der Waals surface area contributed by atoms with Gasteiger partial charge in [0.1, 0.15) is 35.3 Å². The molecule has 0 aliphatic heterocycles. The molecule has 2 aromatic carbocycles. The number of rotatable bonds is 6. The number of methoxy groups -OCH3 is 2. The lowest BCUT2D eigenvalue weighted by Gasteiger charge is -2.13. The second-order valence-corrected chi connectivity index (χ2v) is 5.08. The molecule has 1 aromatic heterocycles. The van der Waals surface area contributed by atoms with E-state index in [0.29, 0.717) is 34.5 Å². The summed E-state index contributed by atoms with van der Waals surface area (Å²) in [6.45, 7) is 0. The van der Waals surface area contributed by atoms with Gasteiger partial charge in [0.2, 0.25) is 0 Å². The molecule has 0 unspecified atom stereocenters. The van der Waals surface area contributed by atoms with Crippen LogP contribution in [0.3, 0.4) is 0 Å². The van der Waals surface area contributed by atoms with Crippen molar-refractivity contribution in [3.05, 3.63) is 60.7 Å². The Bertz CT molecular complexity index is 873. The fraction of sp³-hybridized carbons (Fsp3) is 0.111. The average molecular weight is 340 g/mol. The van der Waals surface area contributed by atoms with Gasteiger partial charge in [-0.1, -0.05) is 12.1 Å². The van der Waals surface area contributed by atoms with Gasteiger partial charge >= 0.3 is 0 Å². The Labute approximate surface area is 144 Å². The van der Waals surface area contributed by atoms with Crippen LogP contribution in [0, 0.1) is 5.82 Å². The molecule has 3 rings (SSSR count). The summed E-state index contributed by atoms with van der Waals surface area (Å²) in [6, 6.07) is 13.4. The molecule has 0 saturated carbocycles. The Morgan fingerprint density at radius 3 is 2.24 bits per heavy atom. The molecule has 0 atom stereocenters. The van der Waals surface area contributed by atoms with Gasteiger partial charge in [-0.25, -0.2) is 14.4 Å². The number of halogens is 1. The van der Waals surface area contributed by atoms with Crippen molar-refractivity contribution >= 4 is 23.0 Å². The van der Waals surface area contributed by atoms with Crippen molar-refractivity contribution in [2.45, 2.75) is 0 Å². The predicted octanol–water partition coefficient (Wildman–Crippen LogP) is 4.12. The summed E-state index contributed by atoms with van der Waals surface area (Å²) in [5.74, 6) is 1.96. The van der Waals surface area contributed by atoms with E-state index in [1.807, 2.05) is 0 Å². The Morgan fingerprint density at radius 1 is 0.840 bits per heavy atom. The van der Waals surface area contributed by atoms with E-state index < -0.39 is 0 Å². The maximum absolute atomic E-state index is 13.8. The van der Waals surface area contributed by atoms with E-state index in [0.717, 1.165) is 0 Å². The van der Waals surface area contributed by atoms with Crippen LogP contribution in [0.15, 0.2) is 54.9 Å². The zero-order valence-electron chi connectivity index (χ0n) is 13.8. The van der Waals surface area contributed by atoms with Crippen molar-refractivity contribution in [3.63, 3.8) is 0 Å². The van der Waals surface area contributed by atoms with Crippen molar-refractivity contribution in [2.75, 3.05) is 24.9 Å². The minimum atomic E-state index is -0.356. The van der Waals surface area contributed by atoms with E-state index in [2.05, 4.69) is 20.6 Å². The third-order valence-electron chi connectivity index (χ3n) is 3.47. The fourth-order valence-corrected chi connectivity index (χ4v) is 2.24. The molecular weight excluding hydrogens is 323 g/mol. The van der Waals surface area contributed by atoms with Crippen LogP contribution in [0.5, 0.6) is 11.5 Å². The highest BCUT2D eigenvalue weighted by molar-refractivity contribution is 5.68. The maximum Gasteiger partial charge on any atom is 0.146 e. The number of para-hydroxylation sites is 1. The smallest absolute Gasteiger partial charge is 0.146 e. The summed E-state index contributed by atoms with van der Waals surface area (Å²) in [5, 5.41) is 6.08. The summed E-state index contributed by atoms with van der Waals surface area (Å²) in [6.07, 6.45) is 1.39. The molecule has 0 fully saturated rings. The zero-order valence-corrected chi connectivity index (χ0v) is 13.8. The van der Waals surface area contributed by atoms with Gasteiger partial charge in [0.15, 0.2) is 0 Å². The van der Waals surface area contributed by atoms with E-state index in [1.54, 1.807) is 56.7 Å². The molecule has 7 heteroatoms. The third kappa shape index (κ3) is 3.95. The molecule has 128 valence electrons. The van der Waals surface area contributed by atoms with Crippen LogP contribution in [0.4, 0.5) is 27.4 Å². The van der Waals surface area contributed by atoms with Crippen LogP contribution in [0.1, 0.15) is 0 Å². The molecular formula is C18H17FN4O2. The number of aromatic nitrogens is 2. The Balaban J connectivity index is 1.84. The number of hydrogen-bond acceptors (Lipinski definition) is 6. The van der Waals surface area contributed by atoms with Gasteiger partial charge in [-0.3, -0.25) is 0 Å². The predicted molar refractivity (Wildman–Crippen MR) is 94.5 cm³/mol. The van der Waals surface area contributed by atoms with Gasteiger partial charge in [-0.05, 0) is 24.3 Å². The minimum Gasteiger partial charge on any atom is -0.497 e. The van der Waals surface area contributed by atoms with Crippen LogP contribution in [-0.2, 0) is 0 Å². The molecule has 0 saturated heterocycles. The molecule has 0 spiro atoms. The van der Waals surface area contributed by atoms with Gasteiger partial charge in [0.25, 0.3) is 0 Å². The largest absolute Gasteiger partial charge is 0.497 e. The Morgan fingerprint density at radius 2 is 1.56 bits per heavy atom. The quantitative estimate of drug-likeness (QED) is 0.703. The van der Waals surface area contributed by atoms with Crippen molar-refractivity contribution in [2.24, 2.45) is 0 Å². The normalized spacial score (nSPS) is 10.2. The van der Waals surface area contributed by atoms with Gasteiger partial charge in [0.05, 0.1) is 25.6 Å². The van der Waals surface area contributed by atoms with E-state index >= 15 is 0 Å². The van der Waals surface area contributed by atoms with Crippen LogP contribution in [0.25, 0.3) is 0 Å². The molecule has 6 nitrogen and oxygen atoms in total. The molecule has 0 radical (unpaired) electrons. The summed E-state index contributed by atoms with van der Waals surface area (Å²) < 4.78 is 24.3. The lowest BCUT2D eigenvalue weighted by molar-refractivity contribution is 0.405. The van der Waals surface area contributed by atoms with Crippen molar-refractivity contribution in [3.8, 4) is 11.5 Å². The number of nitrogens with one attached hydrogen (secondary N) is 2. The zero-order chi connectivity index (χ0) is 17.6. The average Bonchev–Trinajstić information content (AvgIpc) is 2.64. The van der Waals surface area contributed by atoms with Crippen LogP contribution in [-0.4, -0.2) is 24.2 Å². The SMILES string of the molecule is COc1ccc(OC)c(Nc2cc(Nc3ccccc3F)ncn2)c1. The minimum absolute atomic E-state index is 0.339. The summed E-state index contributed by atoms with van der Waals surface area (Å²) in [4.78, 5) is 8.29. The lowest BCUT2D eigenvalue weighted by atomic mass is 10.2. The second-order valence-electron chi connectivity index (χ2n) is 5.08. The maximum atomic E-state index is 13.8. The van der Waals surface area contributed by atoms with Crippen molar-refractivity contribution in [1.82, 2.24) is 9.97 Å². The van der Waals surface area contributed by atoms with Crippen LogP contribution >= 0.6 is 0 Å². The number of nitrogens with zero attached hydrogens (tertiary/aromatic N) is 2. The highest BCUT2D eigenvalue weighted by Crippen LogP contribution is 2.31. The summed E-state index contributed by atoms with van der Waals surface area (Å²) in [5.41, 5.74) is 1.03. The number of ether oxygens (including phenoxy) is 2. The molecule has 0 aliphatic carbocycles. The first-order valence-electron chi connectivity index (χ1n) is 7.52. The van der Waals surface area contributed by atoms with E-state index in [9.17, 15) is 4.39 Å². The first-order valence-corrected chi connectivity index (χ1v) is 7.52. The molecule has 25 heavy (non-hydrogen) atoms. The lowest BCUT2D eigenvalue weighted by Crippen LogP contribution is -2.01. The van der Waals surface area contributed by atoms with Gasteiger partial charge in [-0.2, -0.15) is 0 Å². The summed E-state index contributed by atoms with van der Waals surface area (Å²) >= 11 is 0. The molecule has 0 amide bonds. The first-order chi connectivity index (χ1) is 12.2. The number of benzene rings is 2. The molecule has 3 aromatic rings. The van der Waals surface area contributed by atoms with Gasteiger partial charge in [-0.15, -0.1) is 0 Å². The van der Waals surface area contributed by atoms with Gasteiger partial charge in [0, 0.05) is 12.1 Å². The number of hydrogen-bond donors (Lipinski definition) is 2. The highest BCUT2D eigenvalue weighted by atomic mass is 19.1. The first kappa shape index (κ1) is 16.5. The topological polar surface area (TPSA) is 68.3 Å². The monoisotopic (exact) mass is 340 g/mol. The second kappa shape index (κ2) is 7.48. The summed E-state index contributed by atoms with van der Waals surface area (Å²) in [7, 11) is 3.17. The van der Waals surface area contributed by atoms with E-state index in [1.165, 1.54) is 12.4 Å². The third-order valence-corrected chi connectivity index (χ3v) is 3.47. The molecule has 1 heterocycles. The van der Waals surface area contributed by atoms with Crippen molar-refractivity contribution < 1.29 is 13.9 Å².